The average molecular weight is 242 g/mol. The zero-order valence-corrected chi connectivity index (χ0v) is 9.94. The van der Waals surface area contributed by atoms with Gasteiger partial charge in [0.1, 0.15) is 0 Å². The molecule has 1 aromatic carbocycles. The van der Waals surface area contributed by atoms with Crippen LogP contribution in [-0.2, 0) is 0 Å². The van der Waals surface area contributed by atoms with Gasteiger partial charge in [0.2, 0.25) is 0 Å². The van der Waals surface area contributed by atoms with Crippen LogP contribution in [-0.4, -0.2) is 15.5 Å². The van der Waals surface area contributed by atoms with Crippen LogP contribution in [0.1, 0.15) is 5.56 Å². The molecule has 18 heavy (non-hydrogen) atoms. The lowest BCUT2D eigenvalue weighted by Gasteiger charge is -2.09. The number of nitrogen functional groups attached to an aromatic ring is 1. The third-order valence-electron chi connectivity index (χ3n) is 2.42. The predicted molar refractivity (Wildman–Crippen MR) is 69.9 cm³/mol. The molecule has 0 radical (unpaired) electrons. The second-order valence-electron chi connectivity index (χ2n) is 3.87. The van der Waals surface area contributed by atoms with E-state index in [2.05, 4.69) is 10.3 Å². The maximum absolute atomic E-state index is 7.90. The molecule has 0 atom stereocenters. The molecule has 0 aliphatic rings. The van der Waals surface area contributed by atoms with Crippen molar-refractivity contribution in [3.63, 3.8) is 0 Å². The molecule has 0 amide bonds. The number of nitrogens with zero attached hydrogens (tertiary/aromatic N) is 2. The Labute approximate surface area is 104 Å². The quantitative estimate of drug-likeness (QED) is 0.469. The van der Waals surface area contributed by atoms with Gasteiger partial charge in [-0.3, -0.25) is 15.4 Å². The Bertz CT molecular complexity index is 643. The number of hydrogen-bond acceptors (Lipinski definition) is 4. The fourth-order valence-corrected chi connectivity index (χ4v) is 1.58. The summed E-state index contributed by atoms with van der Waals surface area (Å²) in [5, 5.41) is 18.3. The molecule has 6 heteroatoms. The van der Waals surface area contributed by atoms with E-state index in [-0.39, 0.29) is 11.4 Å². The second-order valence-corrected chi connectivity index (χ2v) is 3.87. The van der Waals surface area contributed by atoms with E-state index in [0.717, 1.165) is 11.3 Å². The lowest BCUT2D eigenvalue weighted by Crippen LogP contribution is -2.33. The molecule has 6 nitrogen and oxygen atoms in total. The van der Waals surface area contributed by atoms with E-state index in [4.69, 9.17) is 16.6 Å². The minimum Gasteiger partial charge on any atom is -0.369 e. The second kappa shape index (κ2) is 4.70. The molecule has 1 heterocycles. The van der Waals surface area contributed by atoms with Gasteiger partial charge < -0.3 is 11.1 Å². The van der Waals surface area contributed by atoms with Crippen LogP contribution >= 0.6 is 0 Å². The Kier molecular flexibility index (Phi) is 3.09. The number of nitrogens with two attached hydrogens (primary N) is 1. The van der Waals surface area contributed by atoms with Crippen LogP contribution in [0, 0.1) is 17.7 Å². The molecule has 2 aromatic rings. The number of aryl methyl sites for hydroxylation is 1. The molecular formula is C12H14N6. The van der Waals surface area contributed by atoms with Gasteiger partial charge >= 0.3 is 0 Å². The van der Waals surface area contributed by atoms with Gasteiger partial charge in [0.25, 0.3) is 0 Å². The molecule has 5 N–H and O–H groups in total. The first-order valence-electron chi connectivity index (χ1n) is 5.38. The third kappa shape index (κ3) is 2.37. The van der Waals surface area contributed by atoms with E-state index in [0.29, 0.717) is 5.82 Å². The first-order valence-corrected chi connectivity index (χ1v) is 5.38. The van der Waals surface area contributed by atoms with E-state index < -0.39 is 0 Å². The van der Waals surface area contributed by atoms with Crippen LogP contribution in [0.4, 0.5) is 11.5 Å². The Hall–Kier alpha value is -2.63. The van der Waals surface area contributed by atoms with Crippen molar-refractivity contribution in [2.45, 2.75) is 6.92 Å². The number of benzene rings is 1. The summed E-state index contributed by atoms with van der Waals surface area (Å²) in [6, 6.07) is 7.75. The van der Waals surface area contributed by atoms with Crippen LogP contribution in [0.3, 0.4) is 0 Å². The molecule has 0 fully saturated rings. The highest BCUT2D eigenvalue weighted by Gasteiger charge is 2.03. The average Bonchev–Trinajstić information content (AvgIpc) is 2.31. The van der Waals surface area contributed by atoms with Gasteiger partial charge in [0.05, 0.1) is 0 Å². The minimum absolute atomic E-state index is 0.0477. The summed E-state index contributed by atoms with van der Waals surface area (Å²) in [6.07, 6.45) is 2.98. The smallest absolute Gasteiger partial charge is 0.198 e. The highest BCUT2D eigenvalue weighted by molar-refractivity contribution is 5.77. The van der Waals surface area contributed by atoms with Crippen molar-refractivity contribution in [3.8, 4) is 0 Å². The van der Waals surface area contributed by atoms with Crippen molar-refractivity contribution in [2.24, 2.45) is 5.73 Å². The minimum atomic E-state index is -0.213. The maximum Gasteiger partial charge on any atom is 0.198 e. The topological polar surface area (TPSA) is 104 Å². The molecule has 0 unspecified atom stereocenters. The number of nitrogens with one attached hydrogen (secondary N) is 3. The highest BCUT2D eigenvalue weighted by atomic mass is 15.2. The zero-order valence-electron chi connectivity index (χ0n) is 9.94. The predicted octanol–water partition coefficient (Wildman–Crippen LogP) is 1.16. The molecule has 0 bridgehead atoms. The van der Waals surface area contributed by atoms with E-state index in [1.165, 1.54) is 17.0 Å². The lowest BCUT2D eigenvalue weighted by atomic mass is 10.2. The van der Waals surface area contributed by atoms with Crippen LogP contribution < -0.4 is 16.5 Å². The zero-order chi connectivity index (χ0) is 13.1. The Morgan fingerprint density at radius 1 is 1.44 bits per heavy atom. The van der Waals surface area contributed by atoms with Crippen molar-refractivity contribution in [2.75, 3.05) is 5.32 Å². The van der Waals surface area contributed by atoms with Crippen LogP contribution in [0.25, 0.3) is 0 Å². The molecule has 0 aliphatic carbocycles. The molecule has 0 spiro atoms. The van der Waals surface area contributed by atoms with Crippen LogP contribution in [0.2, 0.25) is 0 Å². The summed E-state index contributed by atoms with van der Waals surface area (Å²) in [4.78, 5) is 4.07. The fourth-order valence-electron chi connectivity index (χ4n) is 1.58. The fraction of sp³-hybridized carbons (Fsp3) is 0.0833. The van der Waals surface area contributed by atoms with Gasteiger partial charge in [-0.2, -0.15) is 0 Å². The SMILES string of the molecule is Cc1cccc(Nc2nccn(C(=N)N)c2=N)c1. The lowest BCUT2D eigenvalue weighted by molar-refractivity contribution is 0.926. The first kappa shape index (κ1) is 11.8. The van der Waals surface area contributed by atoms with Crippen LogP contribution in [0.15, 0.2) is 36.7 Å². The number of anilines is 2. The Morgan fingerprint density at radius 3 is 2.89 bits per heavy atom. The summed E-state index contributed by atoms with van der Waals surface area (Å²) in [7, 11) is 0. The van der Waals surface area contributed by atoms with Gasteiger partial charge in [0.15, 0.2) is 17.3 Å². The van der Waals surface area contributed by atoms with Gasteiger partial charge in [-0.15, -0.1) is 0 Å². The largest absolute Gasteiger partial charge is 0.369 e. The first-order chi connectivity index (χ1) is 8.58. The van der Waals surface area contributed by atoms with Crippen molar-refractivity contribution in [1.82, 2.24) is 9.55 Å². The summed E-state index contributed by atoms with van der Waals surface area (Å²) in [5.74, 6) is 0.146. The molecule has 0 saturated carbocycles. The van der Waals surface area contributed by atoms with Gasteiger partial charge in [-0.05, 0) is 24.6 Å². The van der Waals surface area contributed by atoms with Crippen molar-refractivity contribution in [1.29, 1.82) is 10.8 Å². The molecule has 1 aromatic heterocycles. The summed E-state index contributed by atoms with van der Waals surface area (Å²) in [5.41, 5.74) is 7.38. The van der Waals surface area contributed by atoms with Gasteiger partial charge in [-0.1, -0.05) is 12.1 Å². The van der Waals surface area contributed by atoms with E-state index in [9.17, 15) is 0 Å². The number of hydrogen-bond donors (Lipinski definition) is 4. The maximum atomic E-state index is 7.90. The van der Waals surface area contributed by atoms with Crippen molar-refractivity contribution < 1.29 is 0 Å². The molecule has 0 aliphatic heterocycles. The van der Waals surface area contributed by atoms with E-state index in [1.807, 2.05) is 31.2 Å². The summed E-state index contributed by atoms with van der Waals surface area (Å²) in [6.45, 7) is 1.99. The molecule has 92 valence electrons. The summed E-state index contributed by atoms with van der Waals surface area (Å²) >= 11 is 0. The van der Waals surface area contributed by atoms with E-state index >= 15 is 0 Å². The number of aromatic nitrogens is 2. The third-order valence-corrected chi connectivity index (χ3v) is 2.42. The van der Waals surface area contributed by atoms with Crippen molar-refractivity contribution >= 4 is 17.5 Å². The van der Waals surface area contributed by atoms with Gasteiger partial charge in [-0.25, -0.2) is 4.98 Å². The Morgan fingerprint density at radius 2 is 2.22 bits per heavy atom. The molecule has 0 saturated heterocycles. The van der Waals surface area contributed by atoms with Crippen LogP contribution in [0.5, 0.6) is 0 Å². The standard InChI is InChI=1S/C12H14N6/c1-8-3-2-4-9(7-8)17-11-10(13)18(12(14)15)6-5-16-11/h2-7,13H,1H3,(H3,14,15)(H,16,17). The van der Waals surface area contributed by atoms with Crippen molar-refractivity contribution in [3.05, 3.63) is 47.7 Å². The summed E-state index contributed by atoms with van der Waals surface area (Å²) < 4.78 is 1.24. The van der Waals surface area contributed by atoms with Gasteiger partial charge in [0, 0.05) is 18.1 Å². The monoisotopic (exact) mass is 242 g/mol. The van der Waals surface area contributed by atoms with E-state index in [1.54, 1.807) is 0 Å². The normalized spacial score (nSPS) is 10.1. The molecular weight excluding hydrogens is 228 g/mol. The Balaban J connectivity index is 2.38. The number of rotatable bonds is 2. The molecule has 2 rings (SSSR count). The highest BCUT2D eigenvalue weighted by Crippen LogP contribution is 2.12.